The molecule has 1 atom stereocenters. The van der Waals surface area contributed by atoms with Crippen LogP contribution < -0.4 is 10.1 Å². The standard InChI is InChI=1S/C21H24N2O3/c1-15(20-12-17-8-4-5-10-19(17)26-20)22-21(24)14-23(2)13-16-7-6-9-18(11-16)25-3/h4-12,15H,13-14H2,1-3H3,(H,22,24)/t15-/m0/s1. The molecule has 1 amide bonds. The number of nitrogens with one attached hydrogen (secondary N) is 1. The SMILES string of the molecule is COc1cccc(CN(C)CC(=O)N[C@@H](C)c2cc3ccccc3o2)c1. The number of nitrogens with zero attached hydrogens (tertiary/aromatic N) is 1. The maximum atomic E-state index is 12.3. The molecule has 5 nitrogen and oxygen atoms in total. The van der Waals surface area contributed by atoms with E-state index in [2.05, 4.69) is 5.32 Å². The van der Waals surface area contributed by atoms with E-state index in [0.29, 0.717) is 13.1 Å². The smallest absolute Gasteiger partial charge is 0.234 e. The Morgan fingerprint density at radius 3 is 2.77 bits per heavy atom. The first kappa shape index (κ1) is 18.0. The number of hydrogen-bond acceptors (Lipinski definition) is 4. The first-order chi connectivity index (χ1) is 12.5. The van der Waals surface area contributed by atoms with E-state index in [9.17, 15) is 4.79 Å². The van der Waals surface area contributed by atoms with Gasteiger partial charge in [-0.2, -0.15) is 0 Å². The zero-order chi connectivity index (χ0) is 18.5. The van der Waals surface area contributed by atoms with E-state index in [-0.39, 0.29) is 11.9 Å². The van der Waals surface area contributed by atoms with E-state index in [1.54, 1.807) is 7.11 Å². The van der Waals surface area contributed by atoms with Crippen molar-refractivity contribution in [3.63, 3.8) is 0 Å². The summed E-state index contributed by atoms with van der Waals surface area (Å²) < 4.78 is 11.1. The van der Waals surface area contributed by atoms with Crippen LogP contribution in [0.3, 0.4) is 0 Å². The summed E-state index contributed by atoms with van der Waals surface area (Å²) in [6.07, 6.45) is 0. The fourth-order valence-electron chi connectivity index (χ4n) is 2.96. The molecule has 0 aliphatic rings. The molecule has 3 rings (SSSR count). The van der Waals surface area contributed by atoms with Gasteiger partial charge in [-0.3, -0.25) is 9.69 Å². The number of fused-ring (bicyclic) bond motifs is 1. The highest BCUT2D eigenvalue weighted by molar-refractivity contribution is 5.80. The van der Waals surface area contributed by atoms with E-state index < -0.39 is 0 Å². The van der Waals surface area contributed by atoms with Gasteiger partial charge in [-0.1, -0.05) is 30.3 Å². The molecule has 0 unspecified atom stereocenters. The maximum Gasteiger partial charge on any atom is 0.234 e. The lowest BCUT2D eigenvalue weighted by Crippen LogP contribution is -2.36. The number of hydrogen-bond donors (Lipinski definition) is 1. The second-order valence-corrected chi connectivity index (χ2v) is 6.50. The van der Waals surface area contributed by atoms with Gasteiger partial charge >= 0.3 is 0 Å². The van der Waals surface area contributed by atoms with Crippen molar-refractivity contribution >= 4 is 16.9 Å². The van der Waals surface area contributed by atoms with Crippen molar-refractivity contribution < 1.29 is 13.9 Å². The average Bonchev–Trinajstić information content (AvgIpc) is 3.06. The molecule has 26 heavy (non-hydrogen) atoms. The van der Waals surface area contributed by atoms with Gasteiger partial charge < -0.3 is 14.5 Å². The van der Waals surface area contributed by atoms with E-state index >= 15 is 0 Å². The molecule has 0 spiro atoms. The number of rotatable bonds is 7. The van der Waals surface area contributed by atoms with Gasteiger partial charge in [0.15, 0.2) is 0 Å². The highest BCUT2D eigenvalue weighted by Gasteiger charge is 2.15. The van der Waals surface area contributed by atoms with Crippen LogP contribution in [0.5, 0.6) is 5.75 Å². The minimum Gasteiger partial charge on any atom is -0.497 e. The first-order valence-corrected chi connectivity index (χ1v) is 8.64. The average molecular weight is 352 g/mol. The predicted octanol–water partition coefficient (Wildman–Crippen LogP) is 3.75. The largest absolute Gasteiger partial charge is 0.497 e. The highest BCUT2D eigenvalue weighted by Crippen LogP contribution is 2.23. The molecular formula is C21H24N2O3. The van der Waals surface area contributed by atoms with Crippen molar-refractivity contribution in [2.75, 3.05) is 20.7 Å². The van der Waals surface area contributed by atoms with Gasteiger partial charge in [0.2, 0.25) is 5.91 Å². The molecule has 5 heteroatoms. The number of furan rings is 1. The summed E-state index contributed by atoms with van der Waals surface area (Å²) in [4.78, 5) is 14.3. The maximum absolute atomic E-state index is 12.3. The van der Waals surface area contributed by atoms with Crippen molar-refractivity contribution in [2.45, 2.75) is 19.5 Å². The minimum absolute atomic E-state index is 0.0386. The second-order valence-electron chi connectivity index (χ2n) is 6.50. The van der Waals surface area contributed by atoms with Crippen LogP contribution in [-0.2, 0) is 11.3 Å². The van der Waals surface area contributed by atoms with E-state index in [1.807, 2.05) is 73.5 Å². The van der Waals surface area contributed by atoms with Crippen molar-refractivity contribution in [1.29, 1.82) is 0 Å². The molecule has 2 aromatic carbocycles. The zero-order valence-electron chi connectivity index (χ0n) is 15.4. The van der Waals surface area contributed by atoms with Crippen LogP contribution in [0.25, 0.3) is 11.0 Å². The molecule has 1 heterocycles. The van der Waals surface area contributed by atoms with Crippen molar-refractivity contribution in [3.8, 4) is 5.75 Å². The van der Waals surface area contributed by atoms with E-state index in [0.717, 1.165) is 28.0 Å². The van der Waals surface area contributed by atoms with Gasteiger partial charge in [0.05, 0.1) is 19.7 Å². The third kappa shape index (κ3) is 4.43. The highest BCUT2D eigenvalue weighted by atomic mass is 16.5. The molecule has 1 aromatic heterocycles. The topological polar surface area (TPSA) is 54.7 Å². The number of para-hydroxylation sites is 1. The lowest BCUT2D eigenvalue weighted by Gasteiger charge is -2.18. The molecule has 0 aliphatic heterocycles. The van der Waals surface area contributed by atoms with Gasteiger partial charge in [0.1, 0.15) is 17.1 Å². The molecule has 0 saturated heterocycles. The minimum atomic E-state index is -0.180. The van der Waals surface area contributed by atoms with Crippen LogP contribution in [0.2, 0.25) is 0 Å². The molecular weight excluding hydrogens is 328 g/mol. The van der Waals surface area contributed by atoms with Crippen molar-refractivity contribution in [2.24, 2.45) is 0 Å². The van der Waals surface area contributed by atoms with Gasteiger partial charge in [-0.05, 0) is 43.8 Å². The zero-order valence-corrected chi connectivity index (χ0v) is 15.4. The van der Waals surface area contributed by atoms with Gasteiger partial charge in [-0.25, -0.2) is 0 Å². The summed E-state index contributed by atoms with van der Waals surface area (Å²) in [6, 6.07) is 17.5. The lowest BCUT2D eigenvalue weighted by atomic mass is 10.2. The first-order valence-electron chi connectivity index (χ1n) is 8.64. The Hall–Kier alpha value is -2.79. The number of benzene rings is 2. The quantitative estimate of drug-likeness (QED) is 0.704. The summed E-state index contributed by atoms with van der Waals surface area (Å²) in [5.74, 6) is 1.54. The van der Waals surface area contributed by atoms with Crippen LogP contribution in [0.1, 0.15) is 24.3 Å². The van der Waals surface area contributed by atoms with Crippen LogP contribution in [-0.4, -0.2) is 31.5 Å². The summed E-state index contributed by atoms with van der Waals surface area (Å²) in [5, 5.41) is 4.04. The third-order valence-electron chi connectivity index (χ3n) is 4.25. The summed E-state index contributed by atoms with van der Waals surface area (Å²) in [7, 11) is 3.57. The Morgan fingerprint density at radius 1 is 1.19 bits per heavy atom. The Morgan fingerprint density at radius 2 is 2.00 bits per heavy atom. The summed E-state index contributed by atoms with van der Waals surface area (Å²) >= 11 is 0. The van der Waals surface area contributed by atoms with Gasteiger partial charge in [0.25, 0.3) is 0 Å². The number of likely N-dealkylation sites (N-methyl/N-ethyl adjacent to an activating group) is 1. The Kier molecular flexibility index (Phi) is 5.58. The number of amides is 1. The Bertz CT molecular complexity index is 855. The van der Waals surface area contributed by atoms with Crippen LogP contribution in [0.4, 0.5) is 0 Å². The number of ether oxygens (including phenoxy) is 1. The number of carbonyl (C=O) groups excluding carboxylic acids is 1. The summed E-state index contributed by atoms with van der Waals surface area (Å²) in [5.41, 5.74) is 1.93. The molecule has 3 aromatic rings. The number of methoxy groups -OCH3 is 1. The molecule has 1 N–H and O–H groups in total. The Balaban J connectivity index is 1.55. The lowest BCUT2D eigenvalue weighted by molar-refractivity contribution is -0.122. The molecule has 0 radical (unpaired) electrons. The normalized spacial score (nSPS) is 12.3. The van der Waals surface area contributed by atoms with Crippen LogP contribution in [0.15, 0.2) is 59.0 Å². The monoisotopic (exact) mass is 352 g/mol. The molecule has 0 fully saturated rings. The molecule has 0 bridgehead atoms. The van der Waals surface area contributed by atoms with Crippen molar-refractivity contribution in [1.82, 2.24) is 10.2 Å². The molecule has 0 saturated carbocycles. The van der Waals surface area contributed by atoms with E-state index in [4.69, 9.17) is 9.15 Å². The fourth-order valence-corrected chi connectivity index (χ4v) is 2.96. The van der Waals surface area contributed by atoms with E-state index in [1.165, 1.54) is 0 Å². The third-order valence-corrected chi connectivity index (χ3v) is 4.25. The van der Waals surface area contributed by atoms with Crippen LogP contribution >= 0.6 is 0 Å². The molecule has 0 aliphatic carbocycles. The Labute approximate surface area is 153 Å². The van der Waals surface area contributed by atoms with Crippen LogP contribution in [0, 0.1) is 0 Å². The van der Waals surface area contributed by atoms with Crippen molar-refractivity contribution in [3.05, 3.63) is 65.9 Å². The molecule has 136 valence electrons. The predicted molar refractivity (Wildman–Crippen MR) is 102 cm³/mol. The summed E-state index contributed by atoms with van der Waals surface area (Å²) in [6.45, 7) is 2.91. The van der Waals surface area contributed by atoms with Gasteiger partial charge in [0, 0.05) is 11.9 Å². The number of carbonyl (C=O) groups is 1. The fraction of sp³-hybridized carbons (Fsp3) is 0.286. The van der Waals surface area contributed by atoms with Gasteiger partial charge in [-0.15, -0.1) is 0 Å². The second kappa shape index (κ2) is 8.06.